The van der Waals surface area contributed by atoms with Crippen molar-refractivity contribution in [2.24, 2.45) is 5.92 Å². The van der Waals surface area contributed by atoms with Gasteiger partial charge in [-0.25, -0.2) is 0 Å². The van der Waals surface area contributed by atoms with E-state index in [1.807, 2.05) is 0 Å². The molecule has 3 saturated heterocycles. The molecule has 4 heterocycles. The summed E-state index contributed by atoms with van der Waals surface area (Å²) in [6.45, 7) is 3.53. The van der Waals surface area contributed by atoms with Crippen molar-refractivity contribution in [3.8, 4) is 11.4 Å². The summed E-state index contributed by atoms with van der Waals surface area (Å²) in [5.74, 6) is 2.66. The Morgan fingerprint density at radius 1 is 1.00 bits per heavy atom. The summed E-state index contributed by atoms with van der Waals surface area (Å²) in [5.41, 5.74) is 1.05. The molecule has 0 aliphatic carbocycles. The molecule has 2 bridgehead atoms. The van der Waals surface area contributed by atoms with Crippen LogP contribution in [0.25, 0.3) is 22.2 Å². The predicted molar refractivity (Wildman–Crippen MR) is 89.1 cm³/mol. The van der Waals surface area contributed by atoms with Crippen LogP contribution in [0.1, 0.15) is 24.7 Å². The number of aromatic nitrogens is 2. The Balaban J connectivity index is 1.54. The second kappa shape index (κ2) is 5.17. The largest absolute Gasteiger partial charge is 0.339 e. The number of benzene rings is 2. The number of fused-ring (bicyclic) bond motifs is 4. The fraction of sp³-hybridized carbons (Fsp3) is 0.368. The van der Waals surface area contributed by atoms with Gasteiger partial charge in [-0.2, -0.15) is 4.98 Å². The summed E-state index contributed by atoms with van der Waals surface area (Å²) in [7, 11) is 0. The van der Waals surface area contributed by atoms with Crippen molar-refractivity contribution in [3.63, 3.8) is 0 Å². The maximum atomic E-state index is 5.67. The Labute approximate surface area is 135 Å². The Bertz CT molecular complexity index is 843. The molecule has 2 aromatic carbocycles. The molecule has 23 heavy (non-hydrogen) atoms. The number of hydrogen-bond acceptors (Lipinski definition) is 4. The van der Waals surface area contributed by atoms with Crippen molar-refractivity contribution in [2.45, 2.75) is 18.8 Å². The zero-order chi connectivity index (χ0) is 15.2. The van der Waals surface area contributed by atoms with Gasteiger partial charge in [-0.15, -0.1) is 0 Å². The quantitative estimate of drug-likeness (QED) is 0.724. The molecular formula is C19H19N3O. The molecule has 0 saturated carbocycles. The van der Waals surface area contributed by atoms with Gasteiger partial charge in [0.15, 0.2) is 0 Å². The van der Waals surface area contributed by atoms with Crippen LogP contribution in [0.4, 0.5) is 0 Å². The third-order valence-electron chi connectivity index (χ3n) is 5.45. The third kappa shape index (κ3) is 2.17. The molecule has 3 aliphatic heterocycles. The SMILES string of the molecule is c1ccc2c(-c3noc(C4CN5CCC4CC5)n3)cccc2c1. The summed E-state index contributed by atoms with van der Waals surface area (Å²) in [6.07, 6.45) is 2.52. The van der Waals surface area contributed by atoms with E-state index in [-0.39, 0.29) is 0 Å². The maximum absolute atomic E-state index is 5.67. The van der Waals surface area contributed by atoms with Crippen molar-refractivity contribution in [1.82, 2.24) is 15.0 Å². The summed E-state index contributed by atoms with van der Waals surface area (Å²) in [4.78, 5) is 7.29. The molecule has 6 rings (SSSR count). The molecule has 1 unspecified atom stereocenters. The van der Waals surface area contributed by atoms with E-state index in [1.165, 1.54) is 36.7 Å². The fourth-order valence-electron chi connectivity index (χ4n) is 4.16. The lowest BCUT2D eigenvalue weighted by atomic mass is 9.79. The van der Waals surface area contributed by atoms with E-state index in [0.29, 0.717) is 17.7 Å². The predicted octanol–water partition coefficient (Wildman–Crippen LogP) is 3.70. The first-order chi connectivity index (χ1) is 11.4. The lowest BCUT2D eigenvalue weighted by Gasteiger charge is -2.43. The number of nitrogens with zero attached hydrogens (tertiary/aromatic N) is 3. The van der Waals surface area contributed by atoms with Crippen LogP contribution in [0, 0.1) is 5.92 Å². The zero-order valence-corrected chi connectivity index (χ0v) is 13.0. The number of rotatable bonds is 2. The van der Waals surface area contributed by atoms with E-state index < -0.39 is 0 Å². The summed E-state index contributed by atoms with van der Waals surface area (Å²) < 4.78 is 5.67. The molecule has 3 fully saturated rings. The fourth-order valence-corrected chi connectivity index (χ4v) is 4.16. The molecule has 0 amide bonds. The topological polar surface area (TPSA) is 42.2 Å². The van der Waals surface area contributed by atoms with Gasteiger partial charge in [-0.1, -0.05) is 47.6 Å². The normalized spacial score (nSPS) is 26.7. The minimum atomic E-state index is 0.411. The summed E-state index contributed by atoms with van der Waals surface area (Å²) in [5, 5.41) is 6.68. The highest BCUT2D eigenvalue weighted by Crippen LogP contribution is 2.39. The van der Waals surface area contributed by atoms with Crippen LogP contribution in [0.5, 0.6) is 0 Å². The molecule has 1 aromatic heterocycles. The van der Waals surface area contributed by atoms with Crippen LogP contribution in [0.2, 0.25) is 0 Å². The molecule has 4 heteroatoms. The van der Waals surface area contributed by atoms with Crippen LogP contribution in [0.3, 0.4) is 0 Å². The smallest absolute Gasteiger partial charge is 0.231 e. The van der Waals surface area contributed by atoms with Gasteiger partial charge in [0.1, 0.15) is 0 Å². The minimum absolute atomic E-state index is 0.411. The van der Waals surface area contributed by atoms with E-state index >= 15 is 0 Å². The first-order valence-electron chi connectivity index (χ1n) is 8.42. The molecule has 3 aromatic rings. The second-order valence-electron chi connectivity index (χ2n) is 6.73. The van der Waals surface area contributed by atoms with Crippen LogP contribution < -0.4 is 0 Å². The first-order valence-corrected chi connectivity index (χ1v) is 8.42. The van der Waals surface area contributed by atoms with Crippen molar-refractivity contribution >= 4 is 10.8 Å². The standard InChI is InChI=1S/C19H19N3O/c1-2-6-15-13(4-1)5-3-7-16(15)18-20-19(23-21-18)17-12-22-10-8-14(17)9-11-22/h1-7,14,17H,8-12H2. The Kier molecular flexibility index (Phi) is 2.98. The van der Waals surface area contributed by atoms with Crippen LogP contribution in [-0.4, -0.2) is 34.7 Å². The minimum Gasteiger partial charge on any atom is -0.339 e. The Hall–Kier alpha value is -2.20. The molecule has 1 atom stereocenters. The molecule has 0 N–H and O–H groups in total. The number of hydrogen-bond donors (Lipinski definition) is 0. The monoisotopic (exact) mass is 305 g/mol. The van der Waals surface area contributed by atoms with E-state index in [0.717, 1.165) is 18.0 Å². The van der Waals surface area contributed by atoms with Gasteiger partial charge in [0.25, 0.3) is 0 Å². The average Bonchev–Trinajstić information content (AvgIpc) is 3.12. The highest BCUT2D eigenvalue weighted by Gasteiger charge is 2.38. The molecular weight excluding hydrogens is 286 g/mol. The van der Waals surface area contributed by atoms with Gasteiger partial charge in [0.2, 0.25) is 11.7 Å². The highest BCUT2D eigenvalue weighted by atomic mass is 16.5. The number of piperidine rings is 3. The van der Waals surface area contributed by atoms with Gasteiger partial charge in [-0.05, 0) is 42.6 Å². The molecule has 4 nitrogen and oxygen atoms in total. The van der Waals surface area contributed by atoms with Crippen LogP contribution in [0.15, 0.2) is 47.0 Å². The van der Waals surface area contributed by atoms with Crippen molar-refractivity contribution in [2.75, 3.05) is 19.6 Å². The summed E-state index contributed by atoms with van der Waals surface area (Å²) in [6, 6.07) is 14.6. The van der Waals surface area contributed by atoms with Crippen molar-refractivity contribution < 1.29 is 4.52 Å². The lowest BCUT2D eigenvalue weighted by Crippen LogP contribution is -2.46. The third-order valence-corrected chi connectivity index (χ3v) is 5.45. The van der Waals surface area contributed by atoms with Gasteiger partial charge >= 0.3 is 0 Å². The second-order valence-corrected chi connectivity index (χ2v) is 6.73. The Morgan fingerprint density at radius 2 is 1.83 bits per heavy atom. The van der Waals surface area contributed by atoms with E-state index in [4.69, 9.17) is 9.51 Å². The molecule has 0 radical (unpaired) electrons. The Morgan fingerprint density at radius 3 is 2.65 bits per heavy atom. The first kappa shape index (κ1) is 13.3. The van der Waals surface area contributed by atoms with Gasteiger partial charge < -0.3 is 9.42 Å². The van der Waals surface area contributed by atoms with Gasteiger partial charge in [0, 0.05) is 12.1 Å². The maximum Gasteiger partial charge on any atom is 0.231 e. The van der Waals surface area contributed by atoms with Crippen molar-refractivity contribution in [1.29, 1.82) is 0 Å². The van der Waals surface area contributed by atoms with Gasteiger partial charge in [0.05, 0.1) is 5.92 Å². The van der Waals surface area contributed by atoms with Crippen LogP contribution >= 0.6 is 0 Å². The molecule has 116 valence electrons. The van der Waals surface area contributed by atoms with Gasteiger partial charge in [-0.3, -0.25) is 0 Å². The average molecular weight is 305 g/mol. The molecule has 3 aliphatic rings. The van der Waals surface area contributed by atoms with Crippen molar-refractivity contribution in [3.05, 3.63) is 48.4 Å². The lowest BCUT2D eigenvalue weighted by molar-refractivity contribution is 0.0727. The molecule has 0 spiro atoms. The highest BCUT2D eigenvalue weighted by molar-refractivity contribution is 5.94. The zero-order valence-electron chi connectivity index (χ0n) is 13.0. The van der Waals surface area contributed by atoms with Crippen LogP contribution in [-0.2, 0) is 0 Å². The van der Waals surface area contributed by atoms with E-state index in [1.54, 1.807) is 0 Å². The van der Waals surface area contributed by atoms with E-state index in [9.17, 15) is 0 Å². The summed E-state index contributed by atoms with van der Waals surface area (Å²) >= 11 is 0. The van der Waals surface area contributed by atoms with E-state index in [2.05, 4.69) is 52.5 Å².